The zero-order chi connectivity index (χ0) is 19.0. The highest BCUT2D eigenvalue weighted by Gasteiger charge is 2.21. The van der Waals surface area contributed by atoms with Gasteiger partial charge in [-0.05, 0) is 36.4 Å². The van der Waals surface area contributed by atoms with Crippen molar-refractivity contribution in [2.45, 2.75) is 0 Å². The first kappa shape index (κ1) is 16.8. The number of rotatable bonds is 4. The summed E-state index contributed by atoms with van der Waals surface area (Å²) in [4.78, 5) is 13.0. The fraction of sp³-hybridized carbons (Fsp3) is 0.158. The number of hydrogen-bond acceptors (Lipinski definition) is 7. The Morgan fingerprint density at radius 2 is 1.81 bits per heavy atom. The van der Waals surface area contributed by atoms with E-state index in [9.17, 15) is 4.79 Å². The van der Waals surface area contributed by atoms with Crippen LogP contribution in [0.15, 0.2) is 42.5 Å². The van der Waals surface area contributed by atoms with Crippen LogP contribution in [0.1, 0.15) is 10.4 Å². The van der Waals surface area contributed by atoms with E-state index in [0.717, 1.165) is 0 Å². The van der Waals surface area contributed by atoms with E-state index in [1.807, 2.05) is 0 Å². The molecule has 27 heavy (non-hydrogen) atoms. The largest absolute Gasteiger partial charge is 0.493 e. The lowest BCUT2D eigenvalue weighted by atomic mass is 10.1. The highest BCUT2D eigenvalue weighted by Crippen LogP contribution is 2.35. The van der Waals surface area contributed by atoms with E-state index in [1.165, 1.54) is 4.68 Å². The molecule has 138 valence electrons. The Labute approximate surface area is 155 Å². The number of nitrogen functional groups attached to an aromatic ring is 1. The second-order valence-corrected chi connectivity index (χ2v) is 5.81. The van der Waals surface area contributed by atoms with E-state index >= 15 is 0 Å². The molecular weight excluding hydrogens is 350 g/mol. The molecule has 0 saturated carbocycles. The van der Waals surface area contributed by atoms with Gasteiger partial charge in [-0.3, -0.25) is 4.79 Å². The van der Waals surface area contributed by atoms with Gasteiger partial charge in [0.25, 0.3) is 5.91 Å². The van der Waals surface area contributed by atoms with Gasteiger partial charge in [-0.15, -0.1) is 5.10 Å². The van der Waals surface area contributed by atoms with Crippen molar-refractivity contribution in [2.24, 2.45) is 0 Å². The number of anilines is 1. The van der Waals surface area contributed by atoms with Gasteiger partial charge in [-0.2, -0.15) is 4.68 Å². The zero-order valence-corrected chi connectivity index (χ0v) is 14.8. The molecule has 0 radical (unpaired) electrons. The van der Waals surface area contributed by atoms with E-state index in [4.69, 9.17) is 24.7 Å². The van der Waals surface area contributed by atoms with Gasteiger partial charge in [0, 0.05) is 17.2 Å². The topological polar surface area (TPSA) is 97.8 Å². The smallest absolute Gasteiger partial charge is 0.278 e. The number of aromatic nitrogens is 2. The lowest BCUT2D eigenvalue weighted by Gasteiger charge is -2.11. The van der Waals surface area contributed by atoms with Crippen LogP contribution in [0.5, 0.6) is 23.0 Å². The molecule has 1 aromatic heterocycles. The minimum atomic E-state index is -0.338. The molecule has 4 rings (SSSR count). The predicted molar refractivity (Wildman–Crippen MR) is 97.5 cm³/mol. The molecule has 0 bridgehead atoms. The van der Waals surface area contributed by atoms with Crippen molar-refractivity contribution in [3.8, 4) is 34.3 Å². The Kier molecular flexibility index (Phi) is 4.08. The van der Waals surface area contributed by atoms with Gasteiger partial charge in [-0.1, -0.05) is 0 Å². The van der Waals surface area contributed by atoms with Crippen LogP contribution < -0.4 is 24.7 Å². The fourth-order valence-corrected chi connectivity index (χ4v) is 2.91. The first-order valence-electron chi connectivity index (χ1n) is 8.13. The van der Waals surface area contributed by atoms with Crippen molar-refractivity contribution in [3.05, 3.63) is 48.0 Å². The SMILES string of the molecule is COc1ccc(-c2cc(N)nn2C(=O)c2ccc3c(c2)OCO3)cc1OC. The van der Waals surface area contributed by atoms with Gasteiger partial charge < -0.3 is 24.7 Å². The Morgan fingerprint density at radius 1 is 1.04 bits per heavy atom. The molecular formula is C19H17N3O5. The van der Waals surface area contributed by atoms with E-state index in [2.05, 4.69) is 5.10 Å². The van der Waals surface area contributed by atoms with Gasteiger partial charge in [0.2, 0.25) is 6.79 Å². The van der Waals surface area contributed by atoms with Crippen molar-refractivity contribution >= 4 is 11.7 Å². The van der Waals surface area contributed by atoms with Crippen molar-refractivity contribution in [3.63, 3.8) is 0 Å². The maximum atomic E-state index is 13.0. The molecule has 2 aromatic carbocycles. The lowest BCUT2D eigenvalue weighted by Crippen LogP contribution is -2.15. The summed E-state index contributed by atoms with van der Waals surface area (Å²) in [7, 11) is 3.11. The Bertz CT molecular complexity index is 1030. The summed E-state index contributed by atoms with van der Waals surface area (Å²) in [6.07, 6.45) is 0. The third-order valence-electron chi connectivity index (χ3n) is 4.22. The molecule has 0 amide bonds. The maximum absolute atomic E-state index is 13.0. The van der Waals surface area contributed by atoms with Gasteiger partial charge in [0.05, 0.1) is 19.9 Å². The number of hydrogen-bond donors (Lipinski definition) is 1. The van der Waals surface area contributed by atoms with Crippen LogP contribution in [0.25, 0.3) is 11.3 Å². The average molecular weight is 367 g/mol. The zero-order valence-electron chi connectivity index (χ0n) is 14.8. The fourth-order valence-electron chi connectivity index (χ4n) is 2.91. The molecule has 0 spiro atoms. The highest BCUT2D eigenvalue weighted by atomic mass is 16.7. The summed E-state index contributed by atoms with van der Waals surface area (Å²) in [5.74, 6) is 2.14. The standard InChI is InChI=1S/C19H17N3O5/c1-24-14-5-3-11(7-16(14)25-2)13-9-18(20)21-22(13)19(23)12-4-6-15-17(8-12)27-10-26-15/h3-9H,10H2,1-2H3,(H2,20,21). The van der Waals surface area contributed by atoms with Gasteiger partial charge >= 0.3 is 0 Å². The molecule has 0 unspecified atom stereocenters. The van der Waals surface area contributed by atoms with Crippen LogP contribution in [0.3, 0.4) is 0 Å². The van der Waals surface area contributed by atoms with Crippen molar-refractivity contribution in [1.29, 1.82) is 0 Å². The highest BCUT2D eigenvalue weighted by molar-refractivity contribution is 5.98. The van der Waals surface area contributed by atoms with Crippen LogP contribution >= 0.6 is 0 Å². The third kappa shape index (κ3) is 2.91. The number of nitrogens with zero attached hydrogens (tertiary/aromatic N) is 2. The predicted octanol–water partition coefficient (Wildman–Crippen LogP) is 2.57. The monoisotopic (exact) mass is 367 g/mol. The van der Waals surface area contributed by atoms with Crippen molar-refractivity contribution in [2.75, 3.05) is 26.7 Å². The molecule has 8 nitrogen and oxygen atoms in total. The minimum absolute atomic E-state index is 0.137. The number of methoxy groups -OCH3 is 2. The lowest BCUT2D eigenvalue weighted by molar-refractivity contribution is 0.0947. The Morgan fingerprint density at radius 3 is 2.59 bits per heavy atom. The first-order chi connectivity index (χ1) is 13.1. The number of benzene rings is 2. The third-order valence-corrected chi connectivity index (χ3v) is 4.22. The summed E-state index contributed by atoms with van der Waals surface area (Å²) < 4.78 is 22.5. The van der Waals surface area contributed by atoms with E-state index in [-0.39, 0.29) is 18.5 Å². The summed E-state index contributed by atoms with van der Waals surface area (Å²) >= 11 is 0. The molecule has 0 fully saturated rings. The molecule has 0 atom stereocenters. The van der Waals surface area contributed by atoms with Gasteiger partial charge in [0.15, 0.2) is 23.0 Å². The Hall–Kier alpha value is -3.68. The van der Waals surface area contributed by atoms with Crippen LogP contribution in [-0.2, 0) is 0 Å². The van der Waals surface area contributed by atoms with Crippen LogP contribution in [0.4, 0.5) is 5.82 Å². The van der Waals surface area contributed by atoms with Gasteiger partial charge in [-0.25, -0.2) is 0 Å². The normalized spacial score (nSPS) is 12.1. The molecule has 3 aromatic rings. The number of ether oxygens (including phenoxy) is 4. The van der Waals surface area contributed by atoms with Crippen LogP contribution in [0, 0.1) is 0 Å². The molecule has 1 aliphatic rings. The van der Waals surface area contributed by atoms with E-state index < -0.39 is 0 Å². The quantitative estimate of drug-likeness (QED) is 0.757. The molecule has 2 N–H and O–H groups in total. The average Bonchev–Trinajstić information content (AvgIpc) is 3.32. The maximum Gasteiger partial charge on any atom is 0.278 e. The number of carbonyl (C=O) groups is 1. The molecule has 8 heteroatoms. The van der Waals surface area contributed by atoms with Crippen LogP contribution in [-0.4, -0.2) is 36.7 Å². The number of nitrogens with two attached hydrogens (primary N) is 1. The van der Waals surface area contributed by atoms with Crippen LogP contribution in [0.2, 0.25) is 0 Å². The Balaban J connectivity index is 1.76. The number of carbonyl (C=O) groups excluding carboxylic acids is 1. The van der Waals surface area contributed by atoms with Crippen molar-refractivity contribution in [1.82, 2.24) is 9.78 Å². The second-order valence-electron chi connectivity index (χ2n) is 5.81. The number of fused-ring (bicyclic) bond motifs is 1. The molecule has 0 aliphatic carbocycles. The van der Waals surface area contributed by atoms with E-state index in [1.54, 1.807) is 56.7 Å². The molecule has 1 aliphatic heterocycles. The minimum Gasteiger partial charge on any atom is -0.493 e. The summed E-state index contributed by atoms with van der Waals surface area (Å²) in [5.41, 5.74) is 7.52. The van der Waals surface area contributed by atoms with Gasteiger partial charge in [0.1, 0.15) is 5.82 Å². The summed E-state index contributed by atoms with van der Waals surface area (Å²) in [6, 6.07) is 11.9. The molecule has 2 heterocycles. The second kappa shape index (κ2) is 6.56. The van der Waals surface area contributed by atoms with Crippen molar-refractivity contribution < 1.29 is 23.7 Å². The summed E-state index contributed by atoms with van der Waals surface area (Å²) in [5, 5.41) is 4.16. The first-order valence-corrected chi connectivity index (χ1v) is 8.13. The summed E-state index contributed by atoms with van der Waals surface area (Å²) in [6.45, 7) is 0.137. The van der Waals surface area contributed by atoms with E-state index in [0.29, 0.717) is 39.8 Å². The molecule has 0 saturated heterocycles.